The standard InChI is InChI=1S/C12H23N3O3/c1-4-13-11(17)15-10(16)9(2)14-8-12(3)6-5-7-18-12/h9,14H,4-8H2,1-3H3,(H2,13,15,16,17). The van der Waals surface area contributed by atoms with E-state index in [0.29, 0.717) is 13.1 Å². The number of hydrogen-bond acceptors (Lipinski definition) is 4. The second-order valence-electron chi connectivity index (χ2n) is 4.85. The van der Waals surface area contributed by atoms with Crippen LogP contribution in [0.25, 0.3) is 0 Å². The molecule has 0 bridgehead atoms. The highest BCUT2D eigenvalue weighted by atomic mass is 16.5. The van der Waals surface area contributed by atoms with Crippen LogP contribution in [0.2, 0.25) is 0 Å². The van der Waals surface area contributed by atoms with Gasteiger partial charge in [-0.05, 0) is 33.6 Å². The zero-order valence-corrected chi connectivity index (χ0v) is 11.3. The van der Waals surface area contributed by atoms with Crippen molar-refractivity contribution in [2.45, 2.75) is 45.3 Å². The molecule has 0 saturated carbocycles. The molecule has 1 saturated heterocycles. The molecule has 1 heterocycles. The number of amides is 3. The van der Waals surface area contributed by atoms with E-state index in [0.717, 1.165) is 19.4 Å². The first-order valence-electron chi connectivity index (χ1n) is 6.43. The Morgan fingerprint density at radius 2 is 2.17 bits per heavy atom. The highest BCUT2D eigenvalue weighted by Gasteiger charge is 2.30. The summed E-state index contributed by atoms with van der Waals surface area (Å²) in [4.78, 5) is 22.8. The number of rotatable bonds is 5. The Kier molecular flexibility index (Phi) is 5.55. The maximum atomic E-state index is 11.7. The Labute approximate surface area is 108 Å². The van der Waals surface area contributed by atoms with Crippen LogP contribution in [0.15, 0.2) is 0 Å². The number of nitrogens with one attached hydrogen (secondary N) is 3. The number of carbonyl (C=O) groups is 2. The van der Waals surface area contributed by atoms with Crippen LogP contribution in [-0.2, 0) is 9.53 Å². The van der Waals surface area contributed by atoms with Crippen molar-refractivity contribution in [3.8, 4) is 0 Å². The quantitative estimate of drug-likeness (QED) is 0.665. The van der Waals surface area contributed by atoms with Crippen LogP contribution in [-0.4, -0.2) is 43.3 Å². The van der Waals surface area contributed by atoms with E-state index in [-0.39, 0.29) is 11.5 Å². The van der Waals surface area contributed by atoms with Gasteiger partial charge in [0.2, 0.25) is 5.91 Å². The van der Waals surface area contributed by atoms with E-state index in [1.54, 1.807) is 13.8 Å². The lowest BCUT2D eigenvalue weighted by molar-refractivity contribution is -0.121. The van der Waals surface area contributed by atoms with E-state index < -0.39 is 12.1 Å². The zero-order valence-electron chi connectivity index (χ0n) is 11.3. The van der Waals surface area contributed by atoms with Gasteiger partial charge in [-0.1, -0.05) is 0 Å². The number of ether oxygens (including phenoxy) is 1. The van der Waals surface area contributed by atoms with Gasteiger partial charge in [0.1, 0.15) is 0 Å². The first kappa shape index (κ1) is 14.9. The monoisotopic (exact) mass is 257 g/mol. The highest BCUT2D eigenvalue weighted by Crippen LogP contribution is 2.23. The lowest BCUT2D eigenvalue weighted by Crippen LogP contribution is -2.51. The summed E-state index contributed by atoms with van der Waals surface area (Å²) in [7, 11) is 0. The van der Waals surface area contributed by atoms with Gasteiger partial charge in [-0.15, -0.1) is 0 Å². The van der Waals surface area contributed by atoms with Gasteiger partial charge in [-0.25, -0.2) is 4.79 Å². The third-order valence-electron chi connectivity index (χ3n) is 3.05. The predicted octanol–water partition coefficient (Wildman–Crippen LogP) is 0.379. The lowest BCUT2D eigenvalue weighted by Gasteiger charge is -2.25. The van der Waals surface area contributed by atoms with Crippen molar-refractivity contribution in [3.05, 3.63) is 0 Å². The Balaban J connectivity index is 2.29. The van der Waals surface area contributed by atoms with Crippen LogP contribution < -0.4 is 16.0 Å². The molecule has 0 aliphatic carbocycles. The molecule has 6 nitrogen and oxygen atoms in total. The van der Waals surface area contributed by atoms with Crippen molar-refractivity contribution >= 4 is 11.9 Å². The SMILES string of the molecule is CCNC(=O)NC(=O)C(C)NCC1(C)CCCO1. The van der Waals surface area contributed by atoms with Gasteiger partial charge in [0.25, 0.3) is 0 Å². The van der Waals surface area contributed by atoms with Gasteiger partial charge in [0.05, 0.1) is 11.6 Å². The van der Waals surface area contributed by atoms with Crippen molar-refractivity contribution in [2.24, 2.45) is 0 Å². The van der Waals surface area contributed by atoms with Crippen LogP contribution in [0.1, 0.15) is 33.6 Å². The third kappa shape index (κ3) is 4.62. The fourth-order valence-corrected chi connectivity index (χ4v) is 1.86. The molecule has 1 fully saturated rings. The minimum atomic E-state index is -0.459. The molecule has 1 aliphatic rings. The molecule has 2 atom stereocenters. The van der Waals surface area contributed by atoms with Gasteiger partial charge >= 0.3 is 6.03 Å². The van der Waals surface area contributed by atoms with Crippen LogP contribution in [0.4, 0.5) is 4.79 Å². The van der Waals surface area contributed by atoms with Crippen LogP contribution in [0.5, 0.6) is 0 Å². The first-order valence-corrected chi connectivity index (χ1v) is 6.43. The van der Waals surface area contributed by atoms with Gasteiger partial charge < -0.3 is 15.4 Å². The average Bonchev–Trinajstić information content (AvgIpc) is 2.74. The summed E-state index contributed by atoms with van der Waals surface area (Å²) in [6, 6.07) is -0.881. The van der Waals surface area contributed by atoms with Crippen LogP contribution >= 0.6 is 0 Å². The average molecular weight is 257 g/mol. The Morgan fingerprint density at radius 3 is 2.72 bits per heavy atom. The molecule has 0 aromatic heterocycles. The number of carbonyl (C=O) groups excluding carboxylic acids is 2. The minimum Gasteiger partial charge on any atom is -0.374 e. The van der Waals surface area contributed by atoms with Crippen molar-refractivity contribution in [3.63, 3.8) is 0 Å². The summed E-state index contributed by atoms with van der Waals surface area (Å²) >= 11 is 0. The van der Waals surface area contributed by atoms with Crippen LogP contribution in [0.3, 0.4) is 0 Å². The fourth-order valence-electron chi connectivity index (χ4n) is 1.86. The highest BCUT2D eigenvalue weighted by molar-refractivity contribution is 5.96. The van der Waals surface area contributed by atoms with Gasteiger partial charge in [0, 0.05) is 19.7 Å². The summed E-state index contributed by atoms with van der Waals surface area (Å²) in [6.07, 6.45) is 2.04. The second-order valence-corrected chi connectivity index (χ2v) is 4.85. The molecular weight excluding hydrogens is 234 g/mol. The molecule has 6 heteroatoms. The molecule has 3 N–H and O–H groups in total. The van der Waals surface area contributed by atoms with Crippen LogP contribution in [0, 0.1) is 0 Å². The van der Waals surface area contributed by atoms with E-state index in [2.05, 4.69) is 16.0 Å². The van der Waals surface area contributed by atoms with Crippen molar-refractivity contribution in [1.29, 1.82) is 0 Å². The maximum absolute atomic E-state index is 11.7. The molecule has 0 aromatic rings. The molecule has 0 spiro atoms. The van der Waals surface area contributed by atoms with Crippen molar-refractivity contribution < 1.29 is 14.3 Å². The molecule has 104 valence electrons. The summed E-state index contributed by atoms with van der Waals surface area (Å²) in [5.74, 6) is -0.331. The van der Waals surface area contributed by atoms with E-state index in [9.17, 15) is 9.59 Å². The molecular formula is C12H23N3O3. The minimum absolute atomic E-state index is 0.194. The van der Waals surface area contributed by atoms with E-state index >= 15 is 0 Å². The van der Waals surface area contributed by atoms with Crippen molar-refractivity contribution in [2.75, 3.05) is 19.7 Å². The van der Waals surface area contributed by atoms with E-state index in [1.807, 2.05) is 6.92 Å². The molecule has 0 radical (unpaired) electrons. The number of urea groups is 1. The lowest BCUT2D eigenvalue weighted by atomic mass is 10.0. The van der Waals surface area contributed by atoms with Gasteiger partial charge in [0.15, 0.2) is 0 Å². The smallest absolute Gasteiger partial charge is 0.321 e. The molecule has 3 amide bonds. The molecule has 1 aliphatic heterocycles. The normalized spacial score (nSPS) is 24.6. The first-order chi connectivity index (χ1) is 8.47. The third-order valence-corrected chi connectivity index (χ3v) is 3.05. The fraction of sp³-hybridized carbons (Fsp3) is 0.833. The Hall–Kier alpha value is -1.14. The summed E-state index contributed by atoms with van der Waals surface area (Å²) in [5.41, 5.74) is -0.194. The summed E-state index contributed by atoms with van der Waals surface area (Å²) in [6.45, 7) is 7.43. The molecule has 18 heavy (non-hydrogen) atoms. The summed E-state index contributed by atoms with van der Waals surface area (Å²) in [5, 5.41) is 7.88. The zero-order chi connectivity index (χ0) is 13.6. The number of imide groups is 1. The Morgan fingerprint density at radius 1 is 1.44 bits per heavy atom. The Bertz CT molecular complexity index is 301. The van der Waals surface area contributed by atoms with Crippen molar-refractivity contribution in [1.82, 2.24) is 16.0 Å². The van der Waals surface area contributed by atoms with E-state index in [1.165, 1.54) is 0 Å². The molecule has 0 aromatic carbocycles. The molecule has 1 rings (SSSR count). The summed E-state index contributed by atoms with van der Waals surface area (Å²) < 4.78 is 5.62. The number of hydrogen-bond donors (Lipinski definition) is 3. The van der Waals surface area contributed by atoms with Gasteiger partial charge in [-0.3, -0.25) is 10.1 Å². The largest absolute Gasteiger partial charge is 0.374 e. The second kappa shape index (κ2) is 6.70. The predicted molar refractivity (Wildman–Crippen MR) is 68.3 cm³/mol. The van der Waals surface area contributed by atoms with E-state index in [4.69, 9.17) is 4.74 Å². The maximum Gasteiger partial charge on any atom is 0.321 e. The molecule has 2 unspecified atom stereocenters. The van der Waals surface area contributed by atoms with Gasteiger partial charge in [-0.2, -0.15) is 0 Å². The topological polar surface area (TPSA) is 79.5 Å².